The van der Waals surface area contributed by atoms with Gasteiger partial charge in [0.25, 0.3) is 0 Å². The van der Waals surface area contributed by atoms with Crippen LogP contribution in [0.25, 0.3) is 0 Å². The Hall–Kier alpha value is -1.07. The number of carbonyl (C=O) groups is 1. The SMILES string of the molecule is Cc1noc(Cl)c1CCC(=O)N1CCCC1CN. The third-order valence-corrected chi connectivity index (χ3v) is 3.79. The maximum atomic E-state index is 12.1. The van der Waals surface area contributed by atoms with Crippen molar-refractivity contribution in [3.8, 4) is 0 Å². The lowest BCUT2D eigenvalue weighted by Crippen LogP contribution is -2.40. The molecule has 0 saturated carbocycles. The molecule has 0 bridgehead atoms. The number of nitrogens with two attached hydrogens (primary N) is 1. The largest absolute Gasteiger partial charge is 0.344 e. The average molecular weight is 272 g/mol. The van der Waals surface area contributed by atoms with E-state index in [4.69, 9.17) is 21.9 Å². The zero-order chi connectivity index (χ0) is 13.1. The number of aromatic nitrogens is 1. The van der Waals surface area contributed by atoms with Crippen molar-refractivity contribution in [2.24, 2.45) is 5.73 Å². The lowest BCUT2D eigenvalue weighted by atomic mass is 10.1. The first-order valence-corrected chi connectivity index (χ1v) is 6.61. The van der Waals surface area contributed by atoms with Gasteiger partial charge in [-0.25, -0.2) is 0 Å². The molecule has 1 fully saturated rings. The minimum atomic E-state index is 0.139. The zero-order valence-electron chi connectivity index (χ0n) is 10.5. The summed E-state index contributed by atoms with van der Waals surface area (Å²) in [6, 6.07) is 0.205. The number of hydrogen-bond donors (Lipinski definition) is 1. The minimum Gasteiger partial charge on any atom is -0.344 e. The number of aryl methyl sites for hydroxylation is 1. The molecular weight excluding hydrogens is 254 g/mol. The van der Waals surface area contributed by atoms with Crippen LogP contribution in [0.15, 0.2) is 4.52 Å². The molecule has 1 aliphatic heterocycles. The zero-order valence-corrected chi connectivity index (χ0v) is 11.2. The fourth-order valence-corrected chi connectivity index (χ4v) is 2.69. The Labute approximate surface area is 111 Å². The fraction of sp³-hybridized carbons (Fsp3) is 0.667. The highest BCUT2D eigenvalue weighted by Crippen LogP contribution is 2.22. The van der Waals surface area contributed by atoms with Crippen LogP contribution < -0.4 is 5.73 Å². The van der Waals surface area contributed by atoms with Crippen molar-refractivity contribution in [2.45, 2.75) is 38.6 Å². The summed E-state index contributed by atoms with van der Waals surface area (Å²) in [5.74, 6) is 0.139. The fourth-order valence-electron chi connectivity index (χ4n) is 2.42. The number of halogens is 1. The van der Waals surface area contributed by atoms with Gasteiger partial charge in [0.1, 0.15) is 0 Å². The van der Waals surface area contributed by atoms with Gasteiger partial charge in [-0.1, -0.05) is 5.16 Å². The van der Waals surface area contributed by atoms with E-state index >= 15 is 0 Å². The van der Waals surface area contributed by atoms with Crippen LogP contribution in [0.4, 0.5) is 0 Å². The van der Waals surface area contributed by atoms with E-state index in [9.17, 15) is 4.79 Å². The minimum absolute atomic E-state index is 0.139. The molecule has 2 heterocycles. The van der Waals surface area contributed by atoms with Gasteiger partial charge in [-0.05, 0) is 37.8 Å². The van der Waals surface area contributed by atoms with Crippen LogP contribution in [0.5, 0.6) is 0 Å². The van der Waals surface area contributed by atoms with Gasteiger partial charge in [0, 0.05) is 31.1 Å². The Morgan fingerprint density at radius 2 is 2.44 bits per heavy atom. The summed E-state index contributed by atoms with van der Waals surface area (Å²) in [6.07, 6.45) is 3.05. The summed E-state index contributed by atoms with van der Waals surface area (Å²) in [5, 5.41) is 4.06. The van der Waals surface area contributed by atoms with Gasteiger partial charge in [-0.2, -0.15) is 0 Å². The van der Waals surface area contributed by atoms with Gasteiger partial charge in [-0.15, -0.1) is 0 Å². The van der Waals surface area contributed by atoms with Crippen molar-refractivity contribution >= 4 is 17.5 Å². The van der Waals surface area contributed by atoms with Crippen LogP contribution in [0, 0.1) is 6.92 Å². The van der Waals surface area contributed by atoms with Crippen molar-refractivity contribution in [1.29, 1.82) is 0 Å². The predicted molar refractivity (Wildman–Crippen MR) is 68.4 cm³/mol. The van der Waals surface area contributed by atoms with E-state index in [0.717, 1.165) is 30.6 Å². The highest BCUT2D eigenvalue weighted by atomic mass is 35.5. The van der Waals surface area contributed by atoms with Gasteiger partial charge >= 0.3 is 0 Å². The molecule has 1 aliphatic rings. The normalized spacial score (nSPS) is 19.5. The Bertz CT molecular complexity index is 413. The Morgan fingerprint density at radius 3 is 3.06 bits per heavy atom. The second-order valence-electron chi connectivity index (χ2n) is 4.64. The van der Waals surface area contributed by atoms with Crippen molar-refractivity contribution in [3.63, 3.8) is 0 Å². The van der Waals surface area contributed by atoms with Crippen LogP contribution in [0.2, 0.25) is 5.22 Å². The number of likely N-dealkylation sites (tertiary alicyclic amines) is 1. The number of carbonyl (C=O) groups excluding carboxylic acids is 1. The third-order valence-electron chi connectivity index (χ3n) is 3.50. The highest BCUT2D eigenvalue weighted by Gasteiger charge is 2.27. The number of nitrogens with zero attached hydrogens (tertiary/aromatic N) is 2. The summed E-state index contributed by atoms with van der Waals surface area (Å²) >= 11 is 5.87. The quantitative estimate of drug-likeness (QED) is 0.901. The standard InChI is InChI=1S/C12H18ClN3O2/c1-8-10(12(13)18-15-8)4-5-11(17)16-6-2-3-9(16)7-14/h9H,2-7,14H2,1H3. The molecule has 0 radical (unpaired) electrons. The van der Waals surface area contributed by atoms with Crippen LogP contribution in [0.1, 0.15) is 30.5 Å². The number of hydrogen-bond acceptors (Lipinski definition) is 4. The molecule has 0 aliphatic carbocycles. The topological polar surface area (TPSA) is 72.4 Å². The lowest BCUT2D eigenvalue weighted by molar-refractivity contribution is -0.131. The van der Waals surface area contributed by atoms with E-state index in [1.807, 2.05) is 11.8 Å². The molecule has 1 aromatic heterocycles. The molecule has 6 heteroatoms. The predicted octanol–water partition coefficient (Wildman–Crippen LogP) is 1.52. The third kappa shape index (κ3) is 2.67. The Morgan fingerprint density at radius 1 is 1.67 bits per heavy atom. The van der Waals surface area contributed by atoms with E-state index in [1.54, 1.807) is 0 Å². The summed E-state index contributed by atoms with van der Waals surface area (Å²) in [6.45, 7) is 3.18. The molecule has 2 N–H and O–H groups in total. The monoisotopic (exact) mass is 271 g/mol. The summed E-state index contributed by atoms with van der Waals surface area (Å²) in [7, 11) is 0. The first kappa shape index (κ1) is 13.4. The van der Waals surface area contributed by atoms with Crippen LogP contribution in [-0.2, 0) is 11.2 Å². The van der Waals surface area contributed by atoms with Gasteiger partial charge in [0.05, 0.1) is 5.69 Å². The second-order valence-corrected chi connectivity index (χ2v) is 4.98. The molecule has 1 unspecified atom stereocenters. The van der Waals surface area contributed by atoms with Crippen molar-refractivity contribution in [2.75, 3.05) is 13.1 Å². The van der Waals surface area contributed by atoms with E-state index in [1.165, 1.54) is 0 Å². The summed E-state index contributed by atoms with van der Waals surface area (Å²) in [5.41, 5.74) is 7.24. The molecule has 1 amide bonds. The summed E-state index contributed by atoms with van der Waals surface area (Å²) in [4.78, 5) is 14.0. The van der Waals surface area contributed by atoms with Crippen LogP contribution in [0.3, 0.4) is 0 Å². The van der Waals surface area contributed by atoms with Crippen LogP contribution >= 0.6 is 11.6 Å². The Balaban J connectivity index is 1.92. The number of amides is 1. The molecule has 1 atom stereocenters. The van der Waals surface area contributed by atoms with Crippen LogP contribution in [-0.4, -0.2) is 35.1 Å². The Kier molecular flexibility index (Phi) is 4.24. The molecule has 1 saturated heterocycles. The molecule has 100 valence electrons. The molecule has 1 aromatic rings. The first-order chi connectivity index (χ1) is 8.63. The average Bonchev–Trinajstić information content (AvgIpc) is 2.94. The highest BCUT2D eigenvalue weighted by molar-refractivity contribution is 6.29. The van der Waals surface area contributed by atoms with Gasteiger partial charge < -0.3 is 15.2 Å². The maximum absolute atomic E-state index is 12.1. The molecule has 2 rings (SSSR count). The van der Waals surface area contributed by atoms with Crippen molar-refractivity contribution in [1.82, 2.24) is 10.1 Å². The number of rotatable bonds is 4. The van der Waals surface area contributed by atoms with E-state index in [2.05, 4.69) is 5.16 Å². The van der Waals surface area contributed by atoms with Crippen molar-refractivity contribution < 1.29 is 9.32 Å². The second kappa shape index (κ2) is 5.71. The maximum Gasteiger partial charge on any atom is 0.229 e. The van der Waals surface area contributed by atoms with E-state index < -0.39 is 0 Å². The molecule has 0 spiro atoms. The molecular formula is C12H18ClN3O2. The molecule has 5 nitrogen and oxygen atoms in total. The first-order valence-electron chi connectivity index (χ1n) is 6.23. The molecule has 18 heavy (non-hydrogen) atoms. The molecule has 0 aromatic carbocycles. The van der Waals surface area contributed by atoms with Gasteiger partial charge in [0.15, 0.2) is 0 Å². The van der Waals surface area contributed by atoms with E-state index in [-0.39, 0.29) is 17.2 Å². The van der Waals surface area contributed by atoms with Crippen molar-refractivity contribution in [3.05, 3.63) is 16.5 Å². The smallest absolute Gasteiger partial charge is 0.229 e. The van der Waals surface area contributed by atoms with Gasteiger partial charge in [0.2, 0.25) is 11.1 Å². The van der Waals surface area contributed by atoms with Gasteiger partial charge in [-0.3, -0.25) is 4.79 Å². The summed E-state index contributed by atoms with van der Waals surface area (Å²) < 4.78 is 4.87. The van der Waals surface area contributed by atoms with E-state index in [0.29, 0.717) is 19.4 Å². The lowest BCUT2D eigenvalue weighted by Gasteiger charge is -2.23.